The maximum absolute atomic E-state index is 15.2. The number of urea groups is 8. The standard InChI is InChI=1S/C32H39N17O10/c1-25-27(3)46-13-58-14-47(27)22(55)35(25)8-39-18(51)43-12-45-20(53)41-10-37-24(57)49-16-59-15-48-23(56)36(26(37,2)28(48,49)4)9-40-19(52)44-11-42-17(50)38(7-34(25)21(46)54)29(39,5)31(42,43)33-32(44,45)30(40,41)6/h33H,7-16H2,1-6H3. The molecule has 27 nitrogen and oxygen atoms in total. The molecule has 2 spiro atoms. The molecule has 0 unspecified atom stereocenters. The van der Waals surface area contributed by atoms with Gasteiger partial charge in [-0.2, -0.15) is 0 Å². The van der Waals surface area contributed by atoms with Crippen LogP contribution in [0.4, 0.5) is 38.4 Å². The Morgan fingerprint density at radius 2 is 0.492 bits per heavy atom. The molecule has 14 heterocycles. The monoisotopic (exact) mass is 821 g/mol. The van der Waals surface area contributed by atoms with E-state index in [1.54, 1.807) is 41.5 Å². The Morgan fingerprint density at radius 3 is 0.746 bits per heavy atom. The van der Waals surface area contributed by atoms with Crippen LogP contribution in [0.2, 0.25) is 0 Å². The van der Waals surface area contributed by atoms with Crippen LogP contribution in [0.15, 0.2) is 0 Å². The molecule has 27 heteroatoms. The van der Waals surface area contributed by atoms with E-state index < -0.39 is 107 Å². The van der Waals surface area contributed by atoms with Crippen LogP contribution in [0.25, 0.3) is 0 Å². The third-order valence-electron chi connectivity index (χ3n) is 17.6. The van der Waals surface area contributed by atoms with Crippen molar-refractivity contribution in [3.63, 3.8) is 0 Å². The van der Waals surface area contributed by atoms with Crippen molar-refractivity contribution in [2.75, 3.05) is 66.9 Å². The molecule has 14 fully saturated rings. The second kappa shape index (κ2) is 8.40. The van der Waals surface area contributed by atoms with Crippen molar-refractivity contribution in [1.82, 2.24) is 83.7 Å². The van der Waals surface area contributed by atoms with Gasteiger partial charge in [-0.05, 0) is 41.5 Å². The Labute approximate surface area is 333 Å². The zero-order chi connectivity index (χ0) is 41.0. The van der Waals surface area contributed by atoms with E-state index in [0.29, 0.717) is 0 Å². The van der Waals surface area contributed by atoms with Crippen LogP contribution >= 0.6 is 0 Å². The molecule has 0 saturated carbocycles. The van der Waals surface area contributed by atoms with Crippen LogP contribution in [-0.4, -0.2) is 239 Å². The van der Waals surface area contributed by atoms with Crippen LogP contribution in [0, 0.1) is 0 Å². The Morgan fingerprint density at radius 1 is 0.305 bits per heavy atom. The minimum atomic E-state index is -1.79. The van der Waals surface area contributed by atoms with Crippen LogP contribution in [0.5, 0.6) is 0 Å². The zero-order valence-corrected chi connectivity index (χ0v) is 32.8. The Bertz CT molecular complexity index is 2050. The summed E-state index contributed by atoms with van der Waals surface area (Å²) in [7, 11) is 0. The van der Waals surface area contributed by atoms with Crippen molar-refractivity contribution in [2.24, 2.45) is 0 Å². The van der Waals surface area contributed by atoms with Gasteiger partial charge in [-0.25, -0.2) is 43.7 Å². The van der Waals surface area contributed by atoms with Gasteiger partial charge in [0.15, 0.2) is 34.0 Å². The molecule has 312 valence electrons. The van der Waals surface area contributed by atoms with E-state index in [2.05, 4.69) is 5.32 Å². The van der Waals surface area contributed by atoms with E-state index in [-0.39, 0.29) is 53.6 Å². The lowest BCUT2D eigenvalue weighted by molar-refractivity contribution is -0.258. The second-order valence-corrected chi connectivity index (χ2v) is 18.5. The molecular formula is C32H39N17O10. The van der Waals surface area contributed by atoms with E-state index >= 15 is 19.2 Å². The predicted octanol–water partition coefficient (Wildman–Crippen LogP) is -2.23. The molecule has 1 N–H and O–H groups in total. The van der Waals surface area contributed by atoms with Crippen molar-refractivity contribution < 1.29 is 47.8 Å². The van der Waals surface area contributed by atoms with Crippen molar-refractivity contribution in [3.05, 3.63) is 0 Å². The zero-order valence-electron chi connectivity index (χ0n) is 32.8. The SMILES string of the molecule is CC12N3COCN1C(=O)N1CN4C(=O)N5CN6C(=O)N7CN8C(=O)N9COCN%10C(=O)N(CN%11C(=O)N%12CN%13C(=O)N(CN(C3=O)C12C)C4(C)C%135NC%126C%117C)C8(C)C%109C. The molecule has 14 aliphatic rings. The minimum Gasteiger partial charge on any atom is -0.340 e. The number of hydrogen-bond acceptors (Lipinski definition) is 11. The molecule has 0 radical (unpaired) electrons. The van der Waals surface area contributed by atoms with Gasteiger partial charge in [-0.15, -0.1) is 0 Å². The molecule has 16 amide bonds. The highest BCUT2D eigenvalue weighted by Gasteiger charge is 2.92. The maximum Gasteiger partial charge on any atom is 0.327 e. The lowest BCUT2D eigenvalue weighted by Gasteiger charge is -2.64. The Kier molecular flexibility index (Phi) is 4.69. The van der Waals surface area contributed by atoms with Gasteiger partial charge in [-0.3, -0.25) is 78.4 Å². The number of rotatable bonds is 0. The summed E-state index contributed by atoms with van der Waals surface area (Å²) >= 11 is 0. The van der Waals surface area contributed by atoms with Gasteiger partial charge in [0.05, 0.1) is 0 Å². The summed E-state index contributed by atoms with van der Waals surface area (Å²) in [5.74, 6) is -3.58. The molecule has 14 saturated heterocycles. The molecule has 0 aromatic carbocycles. The van der Waals surface area contributed by atoms with E-state index in [9.17, 15) is 19.2 Å². The molecule has 0 aromatic heterocycles. The van der Waals surface area contributed by atoms with Gasteiger partial charge in [0.25, 0.3) is 0 Å². The first kappa shape index (κ1) is 32.9. The number of carbonyl (C=O) groups is 8. The fourth-order valence-electron chi connectivity index (χ4n) is 13.9. The number of ether oxygens (including phenoxy) is 2. The van der Waals surface area contributed by atoms with Crippen molar-refractivity contribution in [1.29, 1.82) is 0 Å². The summed E-state index contributed by atoms with van der Waals surface area (Å²) in [6.45, 7) is 7.77. The Balaban J connectivity index is 0.948. The number of nitrogens with one attached hydrogen (secondary N) is 1. The van der Waals surface area contributed by atoms with E-state index in [0.717, 1.165) is 0 Å². The molecule has 2 bridgehead atoms. The highest BCUT2D eigenvalue weighted by atomic mass is 16.5. The third kappa shape index (κ3) is 2.42. The average Bonchev–Trinajstić information content (AvgIpc) is 3.84. The molecule has 59 heavy (non-hydrogen) atoms. The minimum absolute atomic E-state index is 0.0956. The quantitative estimate of drug-likeness (QED) is 0.276. The van der Waals surface area contributed by atoms with Gasteiger partial charge < -0.3 is 9.47 Å². The third-order valence-corrected chi connectivity index (χ3v) is 17.6. The smallest absolute Gasteiger partial charge is 0.327 e. The van der Waals surface area contributed by atoms with Gasteiger partial charge in [0.2, 0.25) is 11.6 Å². The van der Waals surface area contributed by atoms with Crippen molar-refractivity contribution >= 4 is 48.2 Å². The normalized spacial score (nSPS) is 46.5. The van der Waals surface area contributed by atoms with Crippen molar-refractivity contribution in [3.8, 4) is 0 Å². The first-order valence-electron chi connectivity index (χ1n) is 19.5. The number of amides is 16. The van der Waals surface area contributed by atoms with Crippen LogP contribution in [0.1, 0.15) is 41.5 Å². The summed E-state index contributed by atoms with van der Waals surface area (Å²) in [5, 5.41) is 3.61. The number of hydrogen-bond donors (Lipinski definition) is 1. The van der Waals surface area contributed by atoms with Crippen LogP contribution in [0.3, 0.4) is 0 Å². The topological polar surface area (TPSA) is 219 Å². The van der Waals surface area contributed by atoms with Gasteiger partial charge in [0, 0.05) is 0 Å². The molecule has 14 rings (SSSR count). The fourth-order valence-corrected chi connectivity index (χ4v) is 13.9. The van der Waals surface area contributed by atoms with Gasteiger partial charge in [0.1, 0.15) is 66.9 Å². The van der Waals surface area contributed by atoms with Gasteiger partial charge >= 0.3 is 48.2 Å². The molecule has 0 aliphatic carbocycles. The van der Waals surface area contributed by atoms with Crippen molar-refractivity contribution in [2.45, 2.75) is 87.1 Å². The van der Waals surface area contributed by atoms with E-state index in [1.165, 1.54) is 78.4 Å². The highest BCUT2D eigenvalue weighted by molar-refractivity contribution is 5.96. The summed E-state index contributed by atoms with van der Waals surface area (Å²) in [6, 6.07) is -4.35. The largest absolute Gasteiger partial charge is 0.340 e. The second-order valence-electron chi connectivity index (χ2n) is 18.5. The molecule has 0 aromatic rings. The van der Waals surface area contributed by atoms with Crippen LogP contribution < -0.4 is 5.32 Å². The molecular weight excluding hydrogens is 782 g/mol. The number of nitrogens with zero attached hydrogens (tertiary/aromatic N) is 16. The fraction of sp³-hybridized carbons (Fsp3) is 0.750. The van der Waals surface area contributed by atoms with Gasteiger partial charge in [-0.1, -0.05) is 0 Å². The summed E-state index contributed by atoms with van der Waals surface area (Å²) in [5.41, 5.74) is -8.53. The average molecular weight is 822 g/mol. The molecule has 14 aliphatic heterocycles. The lowest BCUT2D eigenvalue weighted by atomic mass is 9.91. The Hall–Kier alpha value is -5.96. The maximum atomic E-state index is 15.2. The van der Waals surface area contributed by atoms with Crippen LogP contribution in [-0.2, 0) is 9.47 Å². The first-order valence-corrected chi connectivity index (χ1v) is 19.5. The summed E-state index contributed by atoms with van der Waals surface area (Å²) < 4.78 is 11.4. The summed E-state index contributed by atoms with van der Waals surface area (Å²) in [6.07, 6.45) is 0. The lowest BCUT2D eigenvalue weighted by Crippen LogP contribution is -2.93. The highest BCUT2D eigenvalue weighted by Crippen LogP contribution is 2.65. The predicted molar refractivity (Wildman–Crippen MR) is 182 cm³/mol. The van der Waals surface area contributed by atoms with E-state index in [1.807, 2.05) is 0 Å². The van der Waals surface area contributed by atoms with E-state index in [4.69, 9.17) is 9.47 Å². The summed E-state index contributed by atoms with van der Waals surface area (Å²) in [4.78, 5) is 142. The number of carbonyl (C=O) groups excluding carboxylic acids is 8. The molecule has 0 atom stereocenters. The first-order chi connectivity index (χ1) is 27.8.